The van der Waals surface area contributed by atoms with Gasteiger partial charge in [0.25, 0.3) is 17.7 Å². The summed E-state index contributed by atoms with van der Waals surface area (Å²) in [6.45, 7) is 3.39. The zero-order chi connectivity index (χ0) is 68.8. The number of fused-ring (bicyclic) bond motifs is 3. The molecule has 0 radical (unpaired) electrons. The Morgan fingerprint density at radius 3 is 0.969 bits per heavy atom. The maximum Gasteiger partial charge on any atom is 0.284 e. The Labute approximate surface area is 566 Å². The number of anilines is 6. The molecule has 0 spiro atoms. The molecule has 0 saturated carbocycles. The molecule has 12 rings (SSSR count). The highest BCUT2D eigenvalue weighted by atomic mass is 35.5. The summed E-state index contributed by atoms with van der Waals surface area (Å²) in [6, 6.07) is 38.4. The van der Waals surface area contributed by atoms with Crippen molar-refractivity contribution in [3.8, 4) is 68.9 Å². The fourth-order valence-electron chi connectivity index (χ4n) is 9.10. The van der Waals surface area contributed by atoms with E-state index in [9.17, 15) is 14.4 Å². The number of halogens is 1. The monoisotopic (exact) mass is 1360 g/mol. The van der Waals surface area contributed by atoms with Crippen LogP contribution in [0.15, 0.2) is 141 Å². The van der Waals surface area contributed by atoms with Crippen molar-refractivity contribution in [1.82, 2.24) is 60.5 Å². The third-order valence-electron chi connectivity index (χ3n) is 14.0. The Hall–Kier alpha value is -12.4. The molecular weight excluding hydrogens is 1290 g/mol. The van der Waals surface area contributed by atoms with Gasteiger partial charge in [0.05, 0.1) is 59.2 Å². The summed E-state index contributed by atoms with van der Waals surface area (Å²) in [4.78, 5) is 61.6. The Morgan fingerprint density at radius 2 is 0.684 bits per heavy atom. The van der Waals surface area contributed by atoms with Crippen LogP contribution in [0.2, 0.25) is 0 Å². The second-order valence-corrected chi connectivity index (χ2v) is 20.5. The van der Waals surface area contributed by atoms with Gasteiger partial charge in [-0.25, -0.2) is 15.0 Å². The molecule has 0 aliphatic heterocycles. The van der Waals surface area contributed by atoms with E-state index in [0.717, 1.165) is 22.1 Å². The molecule has 0 aliphatic rings. The number of hydrogen-bond donors (Lipinski definition) is 7. The van der Waals surface area contributed by atoms with Gasteiger partial charge < -0.3 is 80.6 Å². The average molecular weight is 1360 g/mol. The maximum atomic E-state index is 12.4. The zero-order valence-corrected chi connectivity index (χ0v) is 55.1. The number of benzene rings is 6. The Balaban J connectivity index is 0.000000174. The van der Waals surface area contributed by atoms with E-state index in [-0.39, 0.29) is 60.3 Å². The van der Waals surface area contributed by atoms with E-state index in [4.69, 9.17) is 64.6 Å². The molecule has 6 aromatic heterocycles. The van der Waals surface area contributed by atoms with Crippen LogP contribution in [0.25, 0.3) is 67.1 Å². The lowest BCUT2D eigenvalue weighted by Gasteiger charge is -2.11. The lowest BCUT2D eigenvalue weighted by Crippen LogP contribution is -2.15. The number of carbonyl (C=O) groups is 3. The van der Waals surface area contributed by atoms with Gasteiger partial charge in [-0.15, -0.1) is 43.0 Å². The number of nitrogens with zero attached hydrogens (tertiary/aromatic N) is 12. The average Bonchev–Trinajstić information content (AvgIpc) is 1.38. The number of methoxy groups -OCH3 is 6. The van der Waals surface area contributed by atoms with Crippen molar-refractivity contribution >= 4 is 97.8 Å². The number of hydrogen-bond acceptors (Lipinski definition) is 31. The molecular formula is C66H70ClN19O12. The first-order valence-electron chi connectivity index (χ1n) is 29.9. The van der Waals surface area contributed by atoms with Gasteiger partial charge in [0.15, 0.2) is 34.5 Å². The van der Waals surface area contributed by atoms with Gasteiger partial charge in [-0.3, -0.25) is 14.4 Å². The van der Waals surface area contributed by atoms with Crippen LogP contribution < -0.4 is 67.3 Å². The summed E-state index contributed by atoms with van der Waals surface area (Å²) >= 11 is 0. The molecule has 98 heavy (non-hydrogen) atoms. The topological polar surface area (TPSA) is 441 Å². The summed E-state index contributed by atoms with van der Waals surface area (Å²) in [5.41, 5.74) is 27.8. The molecule has 0 bridgehead atoms. The summed E-state index contributed by atoms with van der Waals surface area (Å²) in [5, 5.41) is 34.2. The number of ether oxygens (including phenoxy) is 6. The highest BCUT2D eigenvalue weighted by Gasteiger charge is 2.20. The second-order valence-electron chi connectivity index (χ2n) is 20.5. The van der Waals surface area contributed by atoms with Gasteiger partial charge in [0.1, 0.15) is 17.5 Å². The first-order valence-corrected chi connectivity index (χ1v) is 29.9. The fourth-order valence-corrected chi connectivity index (χ4v) is 9.10. The zero-order valence-electron chi connectivity index (χ0n) is 54.3. The SMILES string of the molecule is CC(=O)c1nnc(-c2ccccc2)o1.COc1cc2nc(NCCCC(=O)c3nnc(-c4ccccc4)o3)nc(N)c2cc1OC.COc1cc2nc(NCCCC(=O)c3nnc(-c4ccccc4)o3)nc(N)c2cc1OC.COc1cc2nc(NCCN)nc(N)c2cc1OC.Cl. The van der Waals surface area contributed by atoms with Crippen LogP contribution in [0.1, 0.15) is 64.7 Å². The van der Waals surface area contributed by atoms with Crippen molar-refractivity contribution in [3.63, 3.8) is 0 Å². The van der Waals surface area contributed by atoms with E-state index in [2.05, 4.69) is 76.4 Å². The molecule has 32 heteroatoms. The van der Waals surface area contributed by atoms with Gasteiger partial charge in [-0.2, -0.15) is 15.0 Å². The Kier molecular flexibility index (Phi) is 25.3. The van der Waals surface area contributed by atoms with Crippen molar-refractivity contribution in [2.24, 2.45) is 5.73 Å². The number of nitrogen functional groups attached to an aromatic ring is 3. The van der Waals surface area contributed by atoms with Gasteiger partial charge in [0.2, 0.25) is 52.9 Å². The number of Topliss-reactive ketones (excluding diaryl/α,β-unsaturated/α-hetero) is 3. The van der Waals surface area contributed by atoms with Gasteiger partial charge >= 0.3 is 0 Å². The van der Waals surface area contributed by atoms with Crippen LogP contribution in [0.3, 0.4) is 0 Å². The predicted octanol–water partition coefficient (Wildman–Crippen LogP) is 9.67. The van der Waals surface area contributed by atoms with Crippen LogP contribution >= 0.6 is 12.4 Å². The summed E-state index contributed by atoms with van der Waals surface area (Å²) < 4.78 is 47.8. The minimum atomic E-state index is -0.225. The minimum Gasteiger partial charge on any atom is -0.493 e. The van der Waals surface area contributed by atoms with E-state index in [1.165, 1.54) is 6.92 Å². The van der Waals surface area contributed by atoms with Crippen molar-refractivity contribution in [3.05, 3.63) is 145 Å². The van der Waals surface area contributed by atoms with Crippen molar-refractivity contribution in [2.75, 3.05) is 102 Å². The van der Waals surface area contributed by atoms with Gasteiger partial charge in [0, 0.05) is 97.0 Å². The first kappa shape index (κ1) is 71.5. The van der Waals surface area contributed by atoms with Crippen molar-refractivity contribution in [1.29, 1.82) is 0 Å². The second kappa shape index (κ2) is 34.7. The molecule has 0 aliphatic carbocycles. The third kappa shape index (κ3) is 18.3. The smallest absolute Gasteiger partial charge is 0.284 e. The molecule has 6 heterocycles. The van der Waals surface area contributed by atoms with Gasteiger partial charge in [-0.05, 0) is 67.4 Å². The Bertz CT molecular complexity index is 4450. The molecule has 0 amide bonds. The molecule has 508 valence electrons. The van der Waals surface area contributed by atoms with Crippen molar-refractivity contribution < 1.29 is 56.1 Å². The van der Waals surface area contributed by atoms with E-state index < -0.39 is 0 Å². The van der Waals surface area contributed by atoms with Crippen molar-refractivity contribution in [2.45, 2.75) is 32.6 Å². The van der Waals surface area contributed by atoms with Gasteiger partial charge in [-0.1, -0.05) is 54.6 Å². The summed E-state index contributed by atoms with van der Waals surface area (Å²) in [6.07, 6.45) is 1.51. The van der Waals surface area contributed by atoms with Crippen LogP contribution in [-0.2, 0) is 0 Å². The van der Waals surface area contributed by atoms with Crippen LogP contribution in [-0.4, -0.2) is 147 Å². The van der Waals surface area contributed by atoms with E-state index in [0.29, 0.717) is 154 Å². The number of rotatable bonds is 25. The standard InChI is InChI=1S/2C22H22N6O4.C12H17N5O2.C10H8N2O2.ClH/c2*1-30-17-11-14-15(12-18(17)31-2)25-22(26-19(14)23)24-10-6-9-16(29)21-28-27-20(32-21)13-7-4-3-5-8-13;1-18-9-5-7-8(6-10(9)19-2)16-12(15-4-3-13)17-11(7)14;1-7(13)9-11-12-10(14-9)8-5-3-2-4-6-8;/h2*3-5,7-8,11-12H,6,9-10H2,1-2H3,(H3,23,24,25,26);5-6H,3-4,13H2,1-2H3,(H3,14,15,16,17);2-6H,1H3;1H. The Morgan fingerprint density at radius 1 is 0.398 bits per heavy atom. The highest BCUT2D eigenvalue weighted by Crippen LogP contribution is 2.37. The lowest BCUT2D eigenvalue weighted by molar-refractivity contribution is 0.0941. The van der Waals surface area contributed by atoms with Crippen LogP contribution in [0.5, 0.6) is 34.5 Å². The number of carbonyl (C=O) groups excluding carboxylic acids is 3. The number of nitrogens with two attached hydrogens (primary N) is 4. The van der Waals surface area contributed by atoms with E-state index in [1.54, 1.807) is 79.1 Å². The molecule has 31 nitrogen and oxygen atoms in total. The summed E-state index contributed by atoms with van der Waals surface area (Å²) in [5.74, 6) is 5.92. The normalized spacial score (nSPS) is 10.5. The quantitative estimate of drug-likeness (QED) is 0.0207. The fraction of sp³-hybridized carbons (Fsp3) is 0.227. The molecule has 11 N–H and O–H groups in total. The molecule has 0 saturated heterocycles. The molecule has 6 aromatic carbocycles. The van der Waals surface area contributed by atoms with Crippen LogP contribution in [0.4, 0.5) is 35.3 Å². The molecule has 0 fully saturated rings. The maximum absolute atomic E-state index is 12.4. The first-order chi connectivity index (χ1) is 47.1. The van der Waals surface area contributed by atoms with E-state index in [1.807, 2.05) is 91.0 Å². The van der Waals surface area contributed by atoms with E-state index >= 15 is 0 Å². The third-order valence-corrected chi connectivity index (χ3v) is 14.0. The molecule has 12 aromatic rings. The molecule has 0 atom stereocenters. The number of nitrogens with one attached hydrogen (secondary N) is 3. The number of ketones is 3. The minimum absolute atomic E-state index is 0. The highest BCUT2D eigenvalue weighted by molar-refractivity contribution is 5.95. The lowest BCUT2D eigenvalue weighted by atomic mass is 10.2. The largest absolute Gasteiger partial charge is 0.493 e. The summed E-state index contributed by atoms with van der Waals surface area (Å²) in [7, 11) is 9.34. The molecule has 0 unspecified atom stereocenters. The predicted molar refractivity (Wildman–Crippen MR) is 369 cm³/mol. The van der Waals surface area contributed by atoms with Crippen LogP contribution in [0, 0.1) is 0 Å². The number of aromatic nitrogens is 12.